The summed E-state index contributed by atoms with van der Waals surface area (Å²) in [6, 6.07) is 15.3. The highest BCUT2D eigenvalue weighted by Gasteiger charge is 2.29. The Hall–Kier alpha value is -2.18. The number of esters is 1. The molecule has 2 rings (SSSR count). The number of hydrogen-bond acceptors (Lipinski definition) is 5. The quantitative estimate of drug-likeness (QED) is 0.568. The zero-order valence-corrected chi connectivity index (χ0v) is 14.5. The molecule has 0 aliphatic rings. The van der Waals surface area contributed by atoms with Gasteiger partial charge in [0.1, 0.15) is 0 Å². The van der Waals surface area contributed by atoms with Crippen LogP contribution in [0.1, 0.15) is 18.1 Å². The van der Waals surface area contributed by atoms with Crippen LogP contribution in [0.2, 0.25) is 0 Å². The first kappa shape index (κ1) is 18.2. The van der Waals surface area contributed by atoms with Gasteiger partial charge in [0, 0.05) is 6.42 Å². The Morgan fingerprint density at radius 2 is 1.67 bits per heavy atom. The van der Waals surface area contributed by atoms with Crippen molar-refractivity contribution in [2.75, 3.05) is 6.61 Å². The van der Waals surface area contributed by atoms with Gasteiger partial charge < -0.3 is 4.74 Å². The molecule has 0 heterocycles. The fraction of sp³-hybridized carbons (Fsp3) is 0.278. The summed E-state index contributed by atoms with van der Waals surface area (Å²) < 4.78 is 35.0. The molecule has 128 valence electrons. The third-order valence-corrected chi connectivity index (χ3v) is 4.70. The van der Waals surface area contributed by atoms with Gasteiger partial charge in [0.2, 0.25) is 0 Å². The minimum Gasteiger partial charge on any atom is -0.464 e. The summed E-state index contributed by atoms with van der Waals surface area (Å²) in [6.07, 6.45) is -1.11. The van der Waals surface area contributed by atoms with E-state index in [0.29, 0.717) is 0 Å². The van der Waals surface area contributed by atoms with Crippen molar-refractivity contribution in [1.82, 2.24) is 0 Å². The first-order chi connectivity index (χ1) is 11.4. The van der Waals surface area contributed by atoms with Crippen molar-refractivity contribution in [1.29, 1.82) is 0 Å². The molecule has 0 fully saturated rings. The van der Waals surface area contributed by atoms with Gasteiger partial charge in [-0.2, -0.15) is 8.42 Å². The van der Waals surface area contributed by atoms with Gasteiger partial charge in [-0.1, -0.05) is 48.0 Å². The molecular formula is C18H20O5S. The van der Waals surface area contributed by atoms with Crippen LogP contribution in [0.15, 0.2) is 59.5 Å². The van der Waals surface area contributed by atoms with Gasteiger partial charge in [-0.3, -0.25) is 4.18 Å². The summed E-state index contributed by atoms with van der Waals surface area (Å²) in [4.78, 5) is 12.1. The second-order valence-electron chi connectivity index (χ2n) is 5.29. The number of carbonyl (C=O) groups is 1. The van der Waals surface area contributed by atoms with Gasteiger partial charge in [-0.05, 0) is 31.5 Å². The molecule has 6 heteroatoms. The SMILES string of the molecule is CCOC(=O)[C@@H](Cc1ccccc1)OS(=O)(=O)c1ccc(C)cc1. The lowest BCUT2D eigenvalue weighted by molar-refractivity contribution is -0.151. The van der Waals surface area contributed by atoms with Crippen LogP contribution in [0, 0.1) is 6.92 Å². The van der Waals surface area contributed by atoms with Crippen LogP contribution in [0.5, 0.6) is 0 Å². The van der Waals surface area contributed by atoms with Crippen molar-refractivity contribution in [2.45, 2.75) is 31.3 Å². The van der Waals surface area contributed by atoms with E-state index in [1.54, 1.807) is 31.2 Å². The molecular weight excluding hydrogens is 328 g/mol. The Kier molecular flexibility index (Phi) is 6.11. The maximum absolute atomic E-state index is 12.4. The smallest absolute Gasteiger partial charge is 0.337 e. The topological polar surface area (TPSA) is 69.7 Å². The molecule has 0 radical (unpaired) electrons. The summed E-state index contributed by atoms with van der Waals surface area (Å²) in [5.74, 6) is -0.697. The maximum atomic E-state index is 12.4. The highest BCUT2D eigenvalue weighted by molar-refractivity contribution is 7.86. The van der Waals surface area contributed by atoms with Crippen LogP contribution < -0.4 is 0 Å². The Morgan fingerprint density at radius 3 is 2.25 bits per heavy atom. The van der Waals surface area contributed by atoms with Gasteiger partial charge in [0.15, 0.2) is 6.10 Å². The monoisotopic (exact) mass is 348 g/mol. The minimum absolute atomic E-state index is 0.00969. The van der Waals surface area contributed by atoms with Crippen LogP contribution in [-0.4, -0.2) is 27.1 Å². The number of carbonyl (C=O) groups excluding carboxylic acids is 1. The molecule has 2 aromatic rings. The van der Waals surface area contributed by atoms with E-state index in [9.17, 15) is 13.2 Å². The van der Waals surface area contributed by atoms with Crippen molar-refractivity contribution in [2.24, 2.45) is 0 Å². The van der Waals surface area contributed by atoms with E-state index in [4.69, 9.17) is 8.92 Å². The fourth-order valence-electron chi connectivity index (χ4n) is 2.13. The predicted octanol–water partition coefficient (Wildman–Crippen LogP) is 2.87. The van der Waals surface area contributed by atoms with Gasteiger partial charge in [0.05, 0.1) is 11.5 Å². The molecule has 0 bridgehead atoms. The largest absolute Gasteiger partial charge is 0.464 e. The molecule has 2 aromatic carbocycles. The Labute approximate surface area is 142 Å². The first-order valence-corrected chi connectivity index (χ1v) is 9.03. The molecule has 24 heavy (non-hydrogen) atoms. The van der Waals surface area contributed by atoms with E-state index in [1.165, 1.54) is 12.1 Å². The van der Waals surface area contributed by atoms with Crippen molar-refractivity contribution < 1.29 is 22.1 Å². The van der Waals surface area contributed by atoms with Crippen LogP contribution >= 0.6 is 0 Å². The maximum Gasteiger partial charge on any atom is 0.337 e. The Bertz CT molecular complexity index is 767. The Balaban J connectivity index is 2.23. The van der Waals surface area contributed by atoms with E-state index in [0.717, 1.165) is 11.1 Å². The predicted molar refractivity (Wildman–Crippen MR) is 90.0 cm³/mol. The van der Waals surface area contributed by atoms with E-state index < -0.39 is 22.2 Å². The normalized spacial score (nSPS) is 12.6. The van der Waals surface area contributed by atoms with Crippen molar-refractivity contribution in [3.8, 4) is 0 Å². The highest BCUT2D eigenvalue weighted by atomic mass is 32.2. The molecule has 0 aliphatic carbocycles. The van der Waals surface area contributed by atoms with Crippen molar-refractivity contribution >= 4 is 16.1 Å². The lowest BCUT2D eigenvalue weighted by atomic mass is 10.1. The first-order valence-electron chi connectivity index (χ1n) is 7.63. The molecule has 0 N–H and O–H groups in total. The van der Waals surface area contributed by atoms with Gasteiger partial charge in [-0.25, -0.2) is 4.79 Å². The lowest BCUT2D eigenvalue weighted by Crippen LogP contribution is -2.31. The van der Waals surface area contributed by atoms with Gasteiger partial charge in [-0.15, -0.1) is 0 Å². The molecule has 0 spiro atoms. The number of rotatable bonds is 7. The number of benzene rings is 2. The average molecular weight is 348 g/mol. The van der Waals surface area contributed by atoms with E-state index >= 15 is 0 Å². The summed E-state index contributed by atoms with van der Waals surface area (Å²) in [7, 11) is -4.06. The van der Waals surface area contributed by atoms with E-state index in [-0.39, 0.29) is 17.9 Å². The zero-order chi connectivity index (χ0) is 17.6. The molecule has 0 unspecified atom stereocenters. The highest BCUT2D eigenvalue weighted by Crippen LogP contribution is 2.18. The fourth-order valence-corrected chi connectivity index (χ4v) is 3.17. The Morgan fingerprint density at radius 1 is 1.04 bits per heavy atom. The molecule has 0 saturated carbocycles. The van der Waals surface area contributed by atoms with Crippen molar-refractivity contribution in [3.05, 3.63) is 65.7 Å². The zero-order valence-electron chi connectivity index (χ0n) is 13.6. The lowest BCUT2D eigenvalue weighted by Gasteiger charge is -2.16. The molecule has 0 amide bonds. The molecule has 0 saturated heterocycles. The van der Waals surface area contributed by atoms with Gasteiger partial charge in [0.25, 0.3) is 10.1 Å². The summed E-state index contributed by atoms with van der Waals surface area (Å²) in [6.45, 7) is 3.66. The average Bonchev–Trinajstić information content (AvgIpc) is 2.55. The van der Waals surface area contributed by atoms with E-state index in [2.05, 4.69) is 0 Å². The summed E-state index contributed by atoms with van der Waals surface area (Å²) in [5, 5.41) is 0. The number of hydrogen-bond donors (Lipinski definition) is 0. The standard InChI is InChI=1S/C18H20O5S/c1-3-22-18(19)17(13-15-7-5-4-6-8-15)23-24(20,21)16-11-9-14(2)10-12-16/h4-12,17H,3,13H2,1-2H3/t17-/m1/s1. The third kappa shape index (κ3) is 4.91. The van der Waals surface area contributed by atoms with Crippen molar-refractivity contribution in [3.63, 3.8) is 0 Å². The van der Waals surface area contributed by atoms with Crippen LogP contribution in [0.3, 0.4) is 0 Å². The number of ether oxygens (including phenoxy) is 1. The second kappa shape index (κ2) is 8.08. The second-order valence-corrected chi connectivity index (χ2v) is 6.87. The molecule has 0 aliphatic heterocycles. The third-order valence-electron chi connectivity index (χ3n) is 3.37. The minimum atomic E-state index is -4.06. The number of aryl methyl sites for hydroxylation is 1. The molecule has 5 nitrogen and oxygen atoms in total. The van der Waals surface area contributed by atoms with Crippen LogP contribution in [0.25, 0.3) is 0 Å². The molecule has 0 aromatic heterocycles. The van der Waals surface area contributed by atoms with Crippen LogP contribution in [0.4, 0.5) is 0 Å². The van der Waals surface area contributed by atoms with E-state index in [1.807, 2.05) is 25.1 Å². The van der Waals surface area contributed by atoms with Crippen LogP contribution in [-0.2, 0) is 30.3 Å². The van der Waals surface area contributed by atoms with Gasteiger partial charge >= 0.3 is 5.97 Å². The summed E-state index contributed by atoms with van der Waals surface area (Å²) in [5.41, 5.74) is 1.72. The summed E-state index contributed by atoms with van der Waals surface area (Å²) >= 11 is 0. The molecule has 1 atom stereocenters.